The minimum Gasteiger partial charge on any atom is -0.496 e. The molecule has 0 fully saturated rings. The van der Waals surface area contributed by atoms with Gasteiger partial charge in [-0.15, -0.1) is 0 Å². The summed E-state index contributed by atoms with van der Waals surface area (Å²) in [4.78, 5) is 3.96. The van der Waals surface area contributed by atoms with Crippen LogP contribution in [0.5, 0.6) is 5.75 Å². The Morgan fingerprint density at radius 1 is 1.29 bits per heavy atom. The molecule has 0 aliphatic carbocycles. The molecule has 0 unspecified atom stereocenters. The van der Waals surface area contributed by atoms with E-state index in [0.29, 0.717) is 10.8 Å². The summed E-state index contributed by atoms with van der Waals surface area (Å²) in [6.45, 7) is 0. The molecule has 2 aromatic rings. The summed E-state index contributed by atoms with van der Waals surface area (Å²) in [5.74, 6) is 1.34. The van der Waals surface area contributed by atoms with Crippen LogP contribution in [0.4, 0.5) is 5.82 Å². The van der Waals surface area contributed by atoms with Crippen molar-refractivity contribution < 1.29 is 4.74 Å². The number of nitrogens with two attached hydrogens (primary N) is 1. The number of halogens is 1. The van der Waals surface area contributed by atoms with Crippen molar-refractivity contribution in [3.63, 3.8) is 0 Å². The molecule has 0 bridgehead atoms. The molecular weight excluding hydrogens is 236 g/mol. The van der Waals surface area contributed by atoms with Gasteiger partial charge in [-0.1, -0.05) is 11.6 Å². The van der Waals surface area contributed by atoms with Crippen molar-refractivity contribution in [2.75, 3.05) is 12.8 Å². The normalized spacial score (nSPS) is 10.2. The summed E-state index contributed by atoms with van der Waals surface area (Å²) in [5.41, 5.74) is 7.76. The van der Waals surface area contributed by atoms with Gasteiger partial charge in [0.25, 0.3) is 0 Å². The van der Waals surface area contributed by atoms with Gasteiger partial charge in [-0.3, -0.25) is 0 Å². The zero-order valence-corrected chi connectivity index (χ0v) is 10.2. The first kappa shape index (κ1) is 11.7. The Bertz CT molecular complexity index is 529. The molecule has 0 saturated heterocycles. The molecule has 0 aliphatic heterocycles. The van der Waals surface area contributed by atoms with Crippen LogP contribution in [0.2, 0.25) is 5.02 Å². The summed E-state index contributed by atoms with van der Waals surface area (Å²) >= 11 is 5.98. The second kappa shape index (κ2) is 5.06. The molecule has 17 heavy (non-hydrogen) atoms. The Morgan fingerprint density at radius 2 is 2.12 bits per heavy atom. The molecular formula is C13H13ClN2O. The van der Waals surface area contributed by atoms with Gasteiger partial charge in [-0.2, -0.15) is 0 Å². The number of ether oxygens (including phenoxy) is 1. The Labute approximate surface area is 105 Å². The Balaban J connectivity index is 2.32. The van der Waals surface area contributed by atoms with Crippen molar-refractivity contribution in [1.29, 1.82) is 0 Å². The summed E-state index contributed by atoms with van der Waals surface area (Å²) in [6, 6.07) is 9.35. The number of nitrogens with zero attached hydrogens (tertiary/aromatic N) is 1. The largest absolute Gasteiger partial charge is 0.496 e. The maximum absolute atomic E-state index is 5.98. The molecule has 0 radical (unpaired) electrons. The Morgan fingerprint density at radius 3 is 2.82 bits per heavy atom. The van der Waals surface area contributed by atoms with Gasteiger partial charge in [0.1, 0.15) is 11.6 Å². The number of pyridine rings is 1. The highest BCUT2D eigenvalue weighted by atomic mass is 35.5. The number of aromatic nitrogens is 1. The van der Waals surface area contributed by atoms with E-state index < -0.39 is 0 Å². The van der Waals surface area contributed by atoms with Crippen molar-refractivity contribution in [3.8, 4) is 5.75 Å². The van der Waals surface area contributed by atoms with E-state index in [0.717, 1.165) is 23.3 Å². The molecule has 1 heterocycles. The van der Waals surface area contributed by atoms with Crippen LogP contribution >= 0.6 is 11.6 Å². The van der Waals surface area contributed by atoms with Crippen LogP contribution in [0.1, 0.15) is 11.1 Å². The number of benzene rings is 1. The van der Waals surface area contributed by atoms with Crippen molar-refractivity contribution in [2.24, 2.45) is 0 Å². The first-order chi connectivity index (χ1) is 8.19. The van der Waals surface area contributed by atoms with E-state index in [2.05, 4.69) is 4.98 Å². The highest BCUT2D eigenvalue weighted by Crippen LogP contribution is 2.25. The third-order valence-electron chi connectivity index (χ3n) is 2.48. The van der Waals surface area contributed by atoms with Gasteiger partial charge >= 0.3 is 0 Å². The molecule has 1 aromatic heterocycles. The van der Waals surface area contributed by atoms with Crippen LogP contribution in [-0.4, -0.2) is 12.1 Å². The van der Waals surface area contributed by atoms with Gasteiger partial charge in [0.05, 0.1) is 7.11 Å². The lowest BCUT2D eigenvalue weighted by Gasteiger charge is -2.09. The van der Waals surface area contributed by atoms with Crippen LogP contribution in [0, 0.1) is 0 Å². The number of rotatable bonds is 3. The van der Waals surface area contributed by atoms with E-state index in [1.54, 1.807) is 13.3 Å². The fourth-order valence-corrected chi connectivity index (χ4v) is 1.90. The molecule has 4 heteroatoms. The Kier molecular flexibility index (Phi) is 3.49. The lowest BCUT2D eigenvalue weighted by atomic mass is 10.1. The third-order valence-corrected chi connectivity index (χ3v) is 2.72. The fraction of sp³-hybridized carbons (Fsp3) is 0.154. The monoisotopic (exact) mass is 248 g/mol. The van der Waals surface area contributed by atoms with Crippen molar-refractivity contribution in [3.05, 3.63) is 52.7 Å². The fourth-order valence-electron chi connectivity index (χ4n) is 1.71. The average molecular weight is 249 g/mol. The molecule has 0 amide bonds. The van der Waals surface area contributed by atoms with E-state index in [9.17, 15) is 0 Å². The Hall–Kier alpha value is -1.74. The number of hydrogen-bond acceptors (Lipinski definition) is 3. The standard InChI is InChI=1S/C13H13ClN2O/c1-17-12-3-2-11(14)8-10(12)6-9-4-5-16-13(15)7-9/h2-5,7-8H,6H2,1H3,(H2,15,16). The van der Waals surface area contributed by atoms with Gasteiger partial charge in [-0.25, -0.2) is 4.98 Å². The van der Waals surface area contributed by atoms with Crippen molar-refractivity contribution in [2.45, 2.75) is 6.42 Å². The van der Waals surface area contributed by atoms with Crippen LogP contribution in [-0.2, 0) is 6.42 Å². The molecule has 0 spiro atoms. The second-order valence-corrected chi connectivity index (χ2v) is 4.16. The van der Waals surface area contributed by atoms with Crippen LogP contribution in [0.3, 0.4) is 0 Å². The van der Waals surface area contributed by atoms with E-state index in [-0.39, 0.29) is 0 Å². The molecule has 3 nitrogen and oxygen atoms in total. The number of hydrogen-bond donors (Lipinski definition) is 1. The van der Waals surface area contributed by atoms with Gasteiger partial charge in [0, 0.05) is 17.6 Å². The molecule has 2 rings (SSSR count). The number of methoxy groups -OCH3 is 1. The highest BCUT2D eigenvalue weighted by Gasteiger charge is 2.05. The second-order valence-electron chi connectivity index (χ2n) is 3.72. The van der Waals surface area contributed by atoms with Gasteiger partial charge < -0.3 is 10.5 Å². The average Bonchev–Trinajstić information content (AvgIpc) is 2.29. The first-order valence-corrected chi connectivity index (χ1v) is 5.59. The maximum atomic E-state index is 5.98. The minimum atomic E-state index is 0.517. The lowest BCUT2D eigenvalue weighted by Crippen LogP contribution is -1.96. The topological polar surface area (TPSA) is 48.1 Å². The maximum Gasteiger partial charge on any atom is 0.123 e. The number of anilines is 1. The lowest BCUT2D eigenvalue weighted by molar-refractivity contribution is 0.410. The summed E-state index contributed by atoms with van der Waals surface area (Å²) < 4.78 is 5.30. The quantitative estimate of drug-likeness (QED) is 0.909. The molecule has 0 saturated carbocycles. The smallest absolute Gasteiger partial charge is 0.123 e. The van der Waals surface area contributed by atoms with E-state index in [4.69, 9.17) is 22.1 Å². The zero-order valence-electron chi connectivity index (χ0n) is 9.48. The molecule has 1 aromatic carbocycles. The van der Waals surface area contributed by atoms with E-state index >= 15 is 0 Å². The number of nitrogen functional groups attached to an aromatic ring is 1. The first-order valence-electron chi connectivity index (χ1n) is 5.22. The third kappa shape index (κ3) is 2.88. The minimum absolute atomic E-state index is 0.517. The van der Waals surface area contributed by atoms with E-state index in [1.165, 1.54) is 0 Å². The van der Waals surface area contributed by atoms with Crippen LogP contribution in [0.15, 0.2) is 36.5 Å². The summed E-state index contributed by atoms with van der Waals surface area (Å²) in [7, 11) is 1.65. The van der Waals surface area contributed by atoms with Crippen LogP contribution < -0.4 is 10.5 Å². The summed E-state index contributed by atoms with van der Waals surface area (Å²) in [6.07, 6.45) is 2.41. The molecule has 88 valence electrons. The van der Waals surface area contributed by atoms with Crippen molar-refractivity contribution >= 4 is 17.4 Å². The summed E-state index contributed by atoms with van der Waals surface area (Å²) in [5, 5.41) is 0.697. The molecule has 0 aliphatic rings. The molecule has 0 atom stereocenters. The van der Waals surface area contributed by atoms with Gasteiger partial charge in [-0.05, 0) is 41.5 Å². The zero-order chi connectivity index (χ0) is 12.3. The molecule has 2 N–H and O–H groups in total. The van der Waals surface area contributed by atoms with E-state index in [1.807, 2.05) is 30.3 Å². The van der Waals surface area contributed by atoms with Crippen molar-refractivity contribution in [1.82, 2.24) is 4.98 Å². The predicted molar refractivity (Wildman–Crippen MR) is 69.5 cm³/mol. The SMILES string of the molecule is COc1ccc(Cl)cc1Cc1ccnc(N)c1. The predicted octanol–water partition coefficient (Wildman–Crippen LogP) is 2.92. The van der Waals surface area contributed by atoms with Gasteiger partial charge in [0.15, 0.2) is 0 Å². The highest BCUT2D eigenvalue weighted by molar-refractivity contribution is 6.30. The van der Waals surface area contributed by atoms with Crippen LogP contribution in [0.25, 0.3) is 0 Å². The van der Waals surface area contributed by atoms with Gasteiger partial charge in [0.2, 0.25) is 0 Å².